The van der Waals surface area contributed by atoms with E-state index in [1.807, 2.05) is 31.2 Å². The average Bonchev–Trinajstić information content (AvgIpc) is 2.82. The second-order valence-corrected chi connectivity index (χ2v) is 7.84. The number of hydrogen-bond donors (Lipinski definition) is 2. The summed E-state index contributed by atoms with van der Waals surface area (Å²) in [5.41, 5.74) is 2.57. The van der Waals surface area contributed by atoms with Gasteiger partial charge in [0.25, 0.3) is 0 Å². The van der Waals surface area contributed by atoms with Gasteiger partial charge in [0.05, 0.1) is 33.4 Å². The fourth-order valence-electron chi connectivity index (χ4n) is 3.56. The van der Waals surface area contributed by atoms with Crippen molar-refractivity contribution in [3.8, 4) is 11.5 Å². The molecule has 0 saturated carbocycles. The second kappa shape index (κ2) is 12.9. The summed E-state index contributed by atoms with van der Waals surface area (Å²) in [7, 11) is 1.66. The summed E-state index contributed by atoms with van der Waals surface area (Å²) in [6, 6.07) is 16.2. The summed E-state index contributed by atoms with van der Waals surface area (Å²) in [6.45, 7) is 10.7. The van der Waals surface area contributed by atoms with Crippen molar-refractivity contribution in [3.05, 3.63) is 59.7 Å². The van der Waals surface area contributed by atoms with Crippen LogP contribution in [0, 0.1) is 0 Å². The third-order valence-corrected chi connectivity index (χ3v) is 5.30. The van der Waals surface area contributed by atoms with Crippen LogP contribution < -0.4 is 20.1 Å². The molecule has 0 spiro atoms. The number of methoxy groups -OCH3 is 1. The van der Waals surface area contributed by atoms with Crippen molar-refractivity contribution in [2.45, 2.75) is 33.0 Å². The Bertz CT molecular complexity index is 853. The van der Waals surface area contributed by atoms with E-state index in [1.54, 1.807) is 7.11 Å². The topological polar surface area (TPSA) is 67.4 Å². The van der Waals surface area contributed by atoms with Crippen LogP contribution in [0.5, 0.6) is 11.5 Å². The second-order valence-electron chi connectivity index (χ2n) is 7.84. The largest absolute Gasteiger partial charge is 0.497 e. The van der Waals surface area contributed by atoms with E-state index in [4.69, 9.17) is 19.2 Å². The normalized spacial score (nSPS) is 15.8. The van der Waals surface area contributed by atoms with E-state index >= 15 is 0 Å². The number of morpholine rings is 1. The van der Waals surface area contributed by atoms with Gasteiger partial charge in [0.2, 0.25) is 0 Å². The maximum absolute atomic E-state index is 6.01. The zero-order valence-electron chi connectivity index (χ0n) is 19.5. The SMILES string of the molecule is CCNC(=NCc1ccccc1CN1CCOCC1)NCC(C)Oc1cccc(OC)c1. The molecule has 1 fully saturated rings. The molecule has 7 heteroatoms. The Morgan fingerprint density at radius 1 is 1.06 bits per heavy atom. The van der Waals surface area contributed by atoms with Gasteiger partial charge in [-0.3, -0.25) is 4.90 Å². The van der Waals surface area contributed by atoms with Crippen LogP contribution >= 0.6 is 0 Å². The Hall–Kier alpha value is -2.77. The number of hydrogen-bond acceptors (Lipinski definition) is 5. The fraction of sp³-hybridized carbons (Fsp3) is 0.480. The van der Waals surface area contributed by atoms with Gasteiger partial charge in [-0.1, -0.05) is 30.3 Å². The van der Waals surface area contributed by atoms with Crippen LogP contribution in [0.25, 0.3) is 0 Å². The standard InChI is InChI=1S/C25H36N4O3/c1-4-26-25(27-17-20(2)32-24-11-7-10-23(16-24)30-3)28-18-21-8-5-6-9-22(21)19-29-12-14-31-15-13-29/h5-11,16,20H,4,12-15,17-19H2,1-3H3,(H2,26,27,28). The molecule has 2 N–H and O–H groups in total. The Kier molecular flexibility index (Phi) is 9.65. The number of benzene rings is 2. The van der Waals surface area contributed by atoms with Crippen molar-refractivity contribution in [1.29, 1.82) is 0 Å². The molecule has 1 atom stereocenters. The molecule has 32 heavy (non-hydrogen) atoms. The van der Waals surface area contributed by atoms with Gasteiger partial charge in [-0.2, -0.15) is 0 Å². The van der Waals surface area contributed by atoms with E-state index in [2.05, 4.69) is 46.7 Å². The molecule has 1 aliphatic rings. The van der Waals surface area contributed by atoms with E-state index in [9.17, 15) is 0 Å². The Morgan fingerprint density at radius 2 is 1.81 bits per heavy atom. The van der Waals surface area contributed by atoms with Gasteiger partial charge in [0, 0.05) is 32.2 Å². The minimum Gasteiger partial charge on any atom is -0.497 e. The molecular weight excluding hydrogens is 404 g/mol. The highest BCUT2D eigenvalue weighted by Gasteiger charge is 2.13. The van der Waals surface area contributed by atoms with E-state index in [1.165, 1.54) is 11.1 Å². The summed E-state index contributed by atoms with van der Waals surface area (Å²) in [4.78, 5) is 7.26. The summed E-state index contributed by atoms with van der Waals surface area (Å²) >= 11 is 0. The molecule has 0 radical (unpaired) electrons. The molecular formula is C25H36N4O3. The van der Waals surface area contributed by atoms with Crippen LogP contribution in [0.3, 0.4) is 0 Å². The number of aliphatic imine (C=N–C) groups is 1. The first-order valence-corrected chi connectivity index (χ1v) is 11.4. The molecule has 0 bridgehead atoms. The lowest BCUT2D eigenvalue weighted by Crippen LogP contribution is -2.41. The molecule has 1 unspecified atom stereocenters. The Morgan fingerprint density at radius 3 is 2.56 bits per heavy atom. The molecule has 0 amide bonds. The van der Waals surface area contributed by atoms with E-state index in [0.29, 0.717) is 13.1 Å². The van der Waals surface area contributed by atoms with Gasteiger partial charge < -0.3 is 24.8 Å². The quantitative estimate of drug-likeness (QED) is 0.437. The van der Waals surface area contributed by atoms with Crippen LogP contribution in [0.15, 0.2) is 53.5 Å². The average molecular weight is 441 g/mol. The number of nitrogens with zero attached hydrogens (tertiary/aromatic N) is 2. The summed E-state index contributed by atoms with van der Waals surface area (Å²) in [5, 5.41) is 6.72. The third kappa shape index (κ3) is 7.73. The summed E-state index contributed by atoms with van der Waals surface area (Å²) in [6.07, 6.45) is -0.0282. The lowest BCUT2D eigenvalue weighted by Gasteiger charge is -2.27. The van der Waals surface area contributed by atoms with Crippen LogP contribution in [-0.2, 0) is 17.8 Å². The van der Waals surface area contributed by atoms with Gasteiger partial charge in [0.1, 0.15) is 17.6 Å². The van der Waals surface area contributed by atoms with E-state index in [-0.39, 0.29) is 6.10 Å². The Balaban J connectivity index is 1.56. The van der Waals surface area contributed by atoms with Crippen molar-refractivity contribution in [1.82, 2.24) is 15.5 Å². The molecule has 2 aromatic rings. The van der Waals surface area contributed by atoms with Crippen LogP contribution in [0.4, 0.5) is 0 Å². The number of guanidine groups is 1. The van der Waals surface area contributed by atoms with Gasteiger partial charge in [-0.15, -0.1) is 0 Å². The first-order valence-electron chi connectivity index (χ1n) is 11.4. The van der Waals surface area contributed by atoms with Crippen LogP contribution in [-0.4, -0.2) is 63.5 Å². The first-order chi connectivity index (χ1) is 15.7. The number of ether oxygens (including phenoxy) is 3. The third-order valence-electron chi connectivity index (χ3n) is 5.30. The van der Waals surface area contributed by atoms with Gasteiger partial charge in [-0.25, -0.2) is 4.99 Å². The molecule has 0 aromatic heterocycles. The molecule has 1 aliphatic heterocycles. The maximum Gasteiger partial charge on any atom is 0.191 e. The molecule has 174 valence electrons. The summed E-state index contributed by atoms with van der Waals surface area (Å²) < 4.78 is 16.7. The highest BCUT2D eigenvalue weighted by molar-refractivity contribution is 5.79. The smallest absolute Gasteiger partial charge is 0.191 e. The lowest BCUT2D eigenvalue weighted by atomic mass is 10.1. The highest BCUT2D eigenvalue weighted by atomic mass is 16.5. The predicted octanol–water partition coefficient (Wildman–Crippen LogP) is 3.05. The minimum atomic E-state index is -0.0282. The Labute approximate surface area is 191 Å². The lowest BCUT2D eigenvalue weighted by molar-refractivity contribution is 0.0341. The van der Waals surface area contributed by atoms with Crippen molar-refractivity contribution in [2.75, 3.05) is 46.5 Å². The van der Waals surface area contributed by atoms with Crippen LogP contribution in [0.1, 0.15) is 25.0 Å². The van der Waals surface area contributed by atoms with Gasteiger partial charge >= 0.3 is 0 Å². The summed E-state index contributed by atoms with van der Waals surface area (Å²) in [5.74, 6) is 2.36. The molecule has 1 heterocycles. The zero-order valence-corrected chi connectivity index (χ0v) is 19.5. The monoisotopic (exact) mass is 440 g/mol. The first kappa shape index (κ1) is 23.9. The van der Waals surface area contributed by atoms with Crippen molar-refractivity contribution in [2.24, 2.45) is 4.99 Å². The van der Waals surface area contributed by atoms with E-state index < -0.39 is 0 Å². The van der Waals surface area contributed by atoms with Crippen molar-refractivity contribution < 1.29 is 14.2 Å². The van der Waals surface area contributed by atoms with Crippen molar-refractivity contribution >= 4 is 5.96 Å². The van der Waals surface area contributed by atoms with Crippen LogP contribution in [0.2, 0.25) is 0 Å². The molecule has 1 saturated heterocycles. The van der Waals surface area contributed by atoms with Gasteiger partial charge in [0.15, 0.2) is 5.96 Å². The molecule has 7 nitrogen and oxygen atoms in total. The molecule has 3 rings (SSSR count). The molecule has 2 aromatic carbocycles. The molecule has 0 aliphatic carbocycles. The zero-order chi connectivity index (χ0) is 22.6. The fourth-order valence-corrected chi connectivity index (χ4v) is 3.56. The van der Waals surface area contributed by atoms with Gasteiger partial charge in [-0.05, 0) is 37.1 Å². The minimum absolute atomic E-state index is 0.0282. The maximum atomic E-state index is 6.01. The van der Waals surface area contributed by atoms with Crippen molar-refractivity contribution in [3.63, 3.8) is 0 Å². The predicted molar refractivity (Wildman–Crippen MR) is 128 cm³/mol. The number of nitrogens with one attached hydrogen (secondary N) is 2. The van der Waals surface area contributed by atoms with E-state index in [0.717, 1.165) is 56.9 Å². The highest BCUT2D eigenvalue weighted by Crippen LogP contribution is 2.19. The number of rotatable bonds is 10.